The first-order valence-electron chi connectivity index (χ1n) is 5.19. The second kappa shape index (κ2) is 6.43. The molecule has 0 unspecified atom stereocenters. The highest BCUT2D eigenvalue weighted by atomic mass is 127. The van der Waals surface area contributed by atoms with Crippen LogP contribution in [-0.4, -0.2) is 5.91 Å². The number of benzene rings is 2. The van der Waals surface area contributed by atoms with Gasteiger partial charge in [-0.1, -0.05) is 23.2 Å². The number of rotatable bonds is 2. The van der Waals surface area contributed by atoms with Gasteiger partial charge in [0.15, 0.2) is 0 Å². The Labute approximate surface area is 142 Å². The first-order valence-corrected chi connectivity index (χ1v) is 7.81. The molecule has 1 N–H and O–H groups in total. The molecule has 0 saturated carbocycles. The zero-order valence-corrected chi connectivity index (χ0v) is 14.6. The molecule has 0 aliphatic heterocycles. The highest BCUT2D eigenvalue weighted by Crippen LogP contribution is 2.25. The maximum absolute atomic E-state index is 12.1. The predicted octanol–water partition coefficient (Wildman–Crippen LogP) is 5.61. The van der Waals surface area contributed by atoms with Crippen molar-refractivity contribution in [1.82, 2.24) is 0 Å². The maximum atomic E-state index is 12.1. The monoisotopic (exact) mass is 469 g/mol. The van der Waals surface area contributed by atoms with Crippen LogP contribution in [0.3, 0.4) is 0 Å². The third kappa shape index (κ3) is 3.84. The minimum atomic E-state index is -0.291. The van der Waals surface area contributed by atoms with E-state index < -0.39 is 0 Å². The van der Waals surface area contributed by atoms with Crippen LogP contribution in [0.25, 0.3) is 0 Å². The fraction of sp³-hybridized carbons (Fsp3) is 0. The van der Waals surface area contributed by atoms with E-state index in [0.29, 0.717) is 21.3 Å². The Bertz CT molecular complexity index is 649. The zero-order chi connectivity index (χ0) is 14.0. The number of halogens is 4. The van der Waals surface area contributed by atoms with E-state index in [1.54, 1.807) is 18.2 Å². The molecule has 2 rings (SSSR count). The lowest BCUT2D eigenvalue weighted by Crippen LogP contribution is -2.12. The summed E-state index contributed by atoms with van der Waals surface area (Å²) in [4.78, 5) is 12.1. The summed E-state index contributed by atoms with van der Waals surface area (Å²) in [6.07, 6.45) is 0. The number of carbonyl (C=O) groups is 1. The molecule has 0 aliphatic rings. The Morgan fingerprint density at radius 3 is 2.58 bits per heavy atom. The summed E-state index contributed by atoms with van der Waals surface area (Å²) in [6.45, 7) is 0. The van der Waals surface area contributed by atoms with E-state index in [2.05, 4.69) is 43.8 Å². The van der Waals surface area contributed by atoms with Crippen molar-refractivity contribution in [3.8, 4) is 0 Å². The predicted molar refractivity (Wildman–Crippen MR) is 91.3 cm³/mol. The van der Waals surface area contributed by atoms with Crippen molar-refractivity contribution >= 4 is 73.3 Å². The van der Waals surface area contributed by atoms with E-state index in [0.717, 1.165) is 8.04 Å². The molecule has 0 atom stereocenters. The number of hydrogen-bond donors (Lipinski definition) is 1. The Morgan fingerprint density at radius 1 is 1.16 bits per heavy atom. The van der Waals surface area contributed by atoms with Crippen molar-refractivity contribution in [3.05, 3.63) is 60.0 Å². The first-order chi connectivity index (χ1) is 8.97. The van der Waals surface area contributed by atoms with Crippen molar-refractivity contribution in [2.75, 3.05) is 5.32 Å². The lowest BCUT2D eigenvalue weighted by atomic mass is 10.2. The van der Waals surface area contributed by atoms with Crippen molar-refractivity contribution < 1.29 is 4.79 Å². The van der Waals surface area contributed by atoms with Crippen molar-refractivity contribution in [1.29, 1.82) is 0 Å². The first kappa shape index (κ1) is 15.1. The average molecular weight is 471 g/mol. The van der Waals surface area contributed by atoms with Gasteiger partial charge in [-0.15, -0.1) is 0 Å². The molecule has 1 amide bonds. The standard InChI is InChI=1S/C13H7BrCl2INO/c14-10-6-8(2-4-12(10)17)18-13(19)9-5-7(15)1-3-11(9)16/h1-6H,(H,18,19). The van der Waals surface area contributed by atoms with Crippen LogP contribution < -0.4 is 5.32 Å². The summed E-state index contributed by atoms with van der Waals surface area (Å²) in [5.74, 6) is -0.291. The van der Waals surface area contributed by atoms with Gasteiger partial charge in [0.1, 0.15) is 0 Å². The summed E-state index contributed by atoms with van der Waals surface area (Å²) in [5, 5.41) is 3.62. The third-order valence-electron chi connectivity index (χ3n) is 2.35. The van der Waals surface area contributed by atoms with Gasteiger partial charge >= 0.3 is 0 Å². The van der Waals surface area contributed by atoms with Gasteiger partial charge in [0.2, 0.25) is 0 Å². The minimum Gasteiger partial charge on any atom is -0.322 e. The maximum Gasteiger partial charge on any atom is 0.257 e. The lowest BCUT2D eigenvalue weighted by Gasteiger charge is -2.08. The summed E-state index contributed by atoms with van der Waals surface area (Å²) in [7, 11) is 0. The van der Waals surface area contributed by atoms with Crippen LogP contribution in [0.4, 0.5) is 5.69 Å². The van der Waals surface area contributed by atoms with Crippen LogP contribution >= 0.6 is 61.7 Å². The highest BCUT2D eigenvalue weighted by molar-refractivity contribution is 14.1. The second-order valence-electron chi connectivity index (χ2n) is 3.71. The smallest absolute Gasteiger partial charge is 0.257 e. The molecule has 0 heterocycles. The van der Waals surface area contributed by atoms with Crippen LogP contribution in [-0.2, 0) is 0 Å². The van der Waals surface area contributed by atoms with Crippen LogP contribution in [0.2, 0.25) is 10.0 Å². The van der Waals surface area contributed by atoms with Gasteiger partial charge in [0.05, 0.1) is 10.6 Å². The van der Waals surface area contributed by atoms with E-state index in [4.69, 9.17) is 23.2 Å². The minimum absolute atomic E-state index is 0.291. The molecule has 0 aromatic heterocycles. The molecular weight excluding hydrogens is 464 g/mol. The Morgan fingerprint density at radius 2 is 1.89 bits per heavy atom. The van der Waals surface area contributed by atoms with Crippen LogP contribution in [0.15, 0.2) is 40.9 Å². The molecule has 0 spiro atoms. The largest absolute Gasteiger partial charge is 0.322 e. The fourth-order valence-electron chi connectivity index (χ4n) is 1.44. The summed E-state index contributed by atoms with van der Waals surface area (Å²) in [5.41, 5.74) is 1.04. The number of nitrogens with one attached hydrogen (secondary N) is 1. The van der Waals surface area contributed by atoms with Crippen LogP contribution in [0.5, 0.6) is 0 Å². The quantitative estimate of drug-likeness (QED) is 0.568. The fourth-order valence-corrected chi connectivity index (χ4v) is 2.53. The van der Waals surface area contributed by atoms with Gasteiger partial charge in [-0.05, 0) is 74.9 Å². The Hall–Kier alpha value is -0.300. The van der Waals surface area contributed by atoms with Gasteiger partial charge in [0, 0.05) is 18.8 Å². The van der Waals surface area contributed by atoms with Gasteiger partial charge in [-0.2, -0.15) is 0 Å². The van der Waals surface area contributed by atoms with E-state index in [1.165, 1.54) is 0 Å². The number of anilines is 1. The van der Waals surface area contributed by atoms with E-state index >= 15 is 0 Å². The van der Waals surface area contributed by atoms with Crippen molar-refractivity contribution in [3.63, 3.8) is 0 Å². The molecule has 6 heteroatoms. The van der Waals surface area contributed by atoms with Gasteiger partial charge in [-0.25, -0.2) is 0 Å². The summed E-state index contributed by atoms with van der Waals surface area (Å²) < 4.78 is 1.99. The molecule has 0 fully saturated rings. The molecule has 98 valence electrons. The molecule has 0 radical (unpaired) electrons. The SMILES string of the molecule is O=C(Nc1ccc(I)c(Br)c1)c1cc(Cl)ccc1Cl. The van der Waals surface area contributed by atoms with Crippen LogP contribution in [0, 0.1) is 3.57 Å². The van der Waals surface area contributed by atoms with E-state index in [1.807, 2.05) is 18.2 Å². The molecule has 2 aromatic carbocycles. The van der Waals surface area contributed by atoms with Gasteiger partial charge in [0.25, 0.3) is 5.91 Å². The van der Waals surface area contributed by atoms with Crippen molar-refractivity contribution in [2.24, 2.45) is 0 Å². The van der Waals surface area contributed by atoms with E-state index in [-0.39, 0.29) is 5.91 Å². The van der Waals surface area contributed by atoms with Gasteiger partial charge < -0.3 is 5.32 Å². The third-order valence-corrected chi connectivity index (χ3v) is 5.25. The second-order valence-corrected chi connectivity index (χ2v) is 6.57. The number of carbonyl (C=O) groups excluding carboxylic acids is 1. The Kier molecular flexibility index (Phi) is 5.11. The molecule has 2 nitrogen and oxygen atoms in total. The molecule has 0 aliphatic carbocycles. The molecule has 0 saturated heterocycles. The molecular formula is C13H7BrCl2INO. The van der Waals surface area contributed by atoms with E-state index in [9.17, 15) is 4.79 Å². The molecule has 0 bridgehead atoms. The topological polar surface area (TPSA) is 29.1 Å². The highest BCUT2D eigenvalue weighted by Gasteiger charge is 2.11. The summed E-state index contributed by atoms with van der Waals surface area (Å²) >= 11 is 17.5. The van der Waals surface area contributed by atoms with Gasteiger partial charge in [-0.3, -0.25) is 4.79 Å². The number of amides is 1. The van der Waals surface area contributed by atoms with Crippen molar-refractivity contribution in [2.45, 2.75) is 0 Å². The number of hydrogen-bond acceptors (Lipinski definition) is 1. The molecule has 19 heavy (non-hydrogen) atoms. The molecule has 2 aromatic rings. The normalized spacial score (nSPS) is 10.3. The Balaban J connectivity index is 2.25. The lowest BCUT2D eigenvalue weighted by molar-refractivity contribution is 0.102. The summed E-state index contributed by atoms with van der Waals surface area (Å²) in [6, 6.07) is 10.3. The average Bonchev–Trinajstić information content (AvgIpc) is 2.36. The zero-order valence-electron chi connectivity index (χ0n) is 9.38. The van der Waals surface area contributed by atoms with Crippen LogP contribution in [0.1, 0.15) is 10.4 Å².